The van der Waals surface area contributed by atoms with Crippen LogP contribution >= 0.6 is 0 Å². The van der Waals surface area contributed by atoms with Gasteiger partial charge in [0, 0.05) is 6.04 Å². The van der Waals surface area contributed by atoms with Crippen LogP contribution < -0.4 is 5.32 Å². The Morgan fingerprint density at radius 2 is 2.04 bits per heavy atom. The molecule has 5 heteroatoms. The van der Waals surface area contributed by atoms with E-state index in [0.717, 1.165) is 12.8 Å². The summed E-state index contributed by atoms with van der Waals surface area (Å²) in [6.07, 6.45) is 2.90. The Kier molecular flexibility index (Phi) is 5.74. The summed E-state index contributed by atoms with van der Waals surface area (Å²) in [5.74, 6) is 1.23. The summed E-state index contributed by atoms with van der Waals surface area (Å²) in [4.78, 5) is 12.1. The summed E-state index contributed by atoms with van der Waals surface area (Å²) in [5, 5.41) is 21.7. The van der Waals surface area contributed by atoms with Gasteiger partial charge in [-0.25, -0.2) is 4.79 Å². The van der Waals surface area contributed by atoms with Crippen LogP contribution in [0.2, 0.25) is 0 Å². The number of carbonyl (C=O) groups is 1. The number of hydrogen-bond acceptors (Lipinski definition) is 4. The Bertz CT molecular complexity index is 544. The molecule has 1 aromatic rings. The first-order valence-electron chi connectivity index (χ1n) is 8.31. The summed E-state index contributed by atoms with van der Waals surface area (Å²) >= 11 is 0. The Morgan fingerprint density at radius 1 is 1.30 bits per heavy atom. The molecular formula is C18H27NO4. The van der Waals surface area contributed by atoms with Crippen LogP contribution in [0.3, 0.4) is 0 Å². The van der Waals surface area contributed by atoms with E-state index in [1.54, 1.807) is 6.07 Å². The molecule has 1 saturated carbocycles. The molecule has 0 saturated heterocycles. The van der Waals surface area contributed by atoms with Gasteiger partial charge in [0.25, 0.3) is 0 Å². The molecule has 0 aromatic heterocycles. The summed E-state index contributed by atoms with van der Waals surface area (Å²) < 4.78 is 5.25. The third-order valence-corrected chi connectivity index (χ3v) is 4.74. The van der Waals surface area contributed by atoms with Gasteiger partial charge in [0.2, 0.25) is 0 Å². The van der Waals surface area contributed by atoms with E-state index in [9.17, 15) is 15.0 Å². The van der Waals surface area contributed by atoms with Crippen molar-refractivity contribution in [2.24, 2.45) is 17.8 Å². The van der Waals surface area contributed by atoms with Gasteiger partial charge in [-0.05, 0) is 48.3 Å². The van der Waals surface area contributed by atoms with E-state index >= 15 is 0 Å². The zero-order valence-corrected chi connectivity index (χ0v) is 14.1. The molecule has 1 aromatic carbocycles. The monoisotopic (exact) mass is 321 g/mol. The average Bonchev–Trinajstić information content (AvgIpc) is 2.48. The van der Waals surface area contributed by atoms with Gasteiger partial charge in [-0.1, -0.05) is 33.3 Å². The fourth-order valence-electron chi connectivity index (χ4n) is 3.37. The number of phenols is 2. The molecule has 23 heavy (non-hydrogen) atoms. The number of carbonyl (C=O) groups excluding carboxylic acids is 1. The second-order valence-electron chi connectivity index (χ2n) is 6.98. The van der Waals surface area contributed by atoms with Crippen LogP contribution in [-0.4, -0.2) is 22.3 Å². The Balaban J connectivity index is 1.88. The first kappa shape index (κ1) is 17.4. The van der Waals surface area contributed by atoms with E-state index in [0.29, 0.717) is 23.3 Å². The minimum atomic E-state index is -0.428. The standard InChI is InChI=1S/C18H27NO4/c1-11(2)14-6-4-12(3)8-15(14)19-18(22)23-10-13-5-7-16(20)17(21)9-13/h5,7,9,11-12,14-15,20-21H,4,6,8,10H2,1-3H3,(H,19,22). The van der Waals surface area contributed by atoms with Crippen LogP contribution in [0.15, 0.2) is 18.2 Å². The van der Waals surface area contributed by atoms with E-state index in [4.69, 9.17) is 4.74 Å². The summed E-state index contributed by atoms with van der Waals surface area (Å²) in [6.45, 7) is 6.67. The number of aromatic hydroxyl groups is 2. The van der Waals surface area contributed by atoms with Crippen molar-refractivity contribution in [2.45, 2.75) is 52.7 Å². The van der Waals surface area contributed by atoms with Gasteiger partial charge in [0.05, 0.1) is 0 Å². The third kappa shape index (κ3) is 4.78. The number of benzene rings is 1. The van der Waals surface area contributed by atoms with Crippen molar-refractivity contribution in [3.8, 4) is 11.5 Å². The lowest BCUT2D eigenvalue weighted by molar-refractivity contribution is 0.114. The minimum absolute atomic E-state index is 0.0638. The van der Waals surface area contributed by atoms with Crippen LogP contribution in [-0.2, 0) is 11.3 Å². The number of rotatable bonds is 4. The van der Waals surface area contributed by atoms with Crippen LogP contribution in [0.5, 0.6) is 11.5 Å². The van der Waals surface area contributed by atoms with Crippen LogP contribution in [0.4, 0.5) is 4.79 Å². The smallest absolute Gasteiger partial charge is 0.407 e. The number of hydrogen-bond donors (Lipinski definition) is 3. The Morgan fingerprint density at radius 3 is 2.70 bits per heavy atom. The predicted molar refractivity (Wildman–Crippen MR) is 88.2 cm³/mol. The van der Waals surface area contributed by atoms with Crippen molar-refractivity contribution in [3.05, 3.63) is 23.8 Å². The highest BCUT2D eigenvalue weighted by atomic mass is 16.5. The van der Waals surface area contributed by atoms with Crippen LogP contribution in [0, 0.1) is 17.8 Å². The lowest BCUT2D eigenvalue weighted by Gasteiger charge is -2.37. The normalized spacial score (nSPS) is 24.4. The lowest BCUT2D eigenvalue weighted by Crippen LogP contribution is -2.45. The quantitative estimate of drug-likeness (QED) is 0.737. The molecule has 1 amide bonds. The second-order valence-corrected chi connectivity index (χ2v) is 6.98. The van der Waals surface area contributed by atoms with Gasteiger partial charge >= 0.3 is 6.09 Å². The molecule has 3 N–H and O–H groups in total. The zero-order valence-electron chi connectivity index (χ0n) is 14.1. The van der Waals surface area contributed by atoms with E-state index < -0.39 is 6.09 Å². The molecule has 0 spiro atoms. The van der Waals surface area contributed by atoms with Crippen molar-refractivity contribution in [2.75, 3.05) is 0 Å². The Labute approximate surface area is 137 Å². The highest BCUT2D eigenvalue weighted by Gasteiger charge is 2.31. The number of alkyl carbamates (subject to hydrolysis) is 1. The number of amides is 1. The zero-order chi connectivity index (χ0) is 17.0. The van der Waals surface area contributed by atoms with Crippen LogP contribution in [0.25, 0.3) is 0 Å². The minimum Gasteiger partial charge on any atom is -0.504 e. The largest absolute Gasteiger partial charge is 0.504 e. The molecular weight excluding hydrogens is 294 g/mol. The maximum atomic E-state index is 12.1. The number of nitrogens with one attached hydrogen (secondary N) is 1. The summed E-state index contributed by atoms with van der Waals surface area (Å²) in [5.41, 5.74) is 0.632. The molecule has 0 bridgehead atoms. The van der Waals surface area contributed by atoms with Gasteiger partial charge in [0.15, 0.2) is 11.5 Å². The van der Waals surface area contributed by atoms with Gasteiger partial charge in [0.1, 0.15) is 6.61 Å². The maximum Gasteiger partial charge on any atom is 0.407 e. The SMILES string of the molecule is CC1CCC(C(C)C)C(NC(=O)OCc2ccc(O)c(O)c2)C1. The molecule has 0 radical (unpaired) electrons. The van der Waals surface area contributed by atoms with Crippen molar-refractivity contribution in [3.63, 3.8) is 0 Å². The number of phenolic OH excluding ortho intramolecular Hbond substituents is 2. The van der Waals surface area contributed by atoms with Gasteiger partial charge in [-0.2, -0.15) is 0 Å². The molecule has 1 aliphatic rings. The van der Waals surface area contributed by atoms with Gasteiger partial charge in [-0.3, -0.25) is 0 Å². The van der Waals surface area contributed by atoms with Gasteiger partial charge in [-0.15, -0.1) is 0 Å². The lowest BCUT2D eigenvalue weighted by atomic mass is 9.74. The predicted octanol–water partition coefficient (Wildman–Crippen LogP) is 3.78. The molecule has 5 nitrogen and oxygen atoms in total. The van der Waals surface area contributed by atoms with E-state index in [1.165, 1.54) is 18.6 Å². The average molecular weight is 321 g/mol. The molecule has 0 heterocycles. The first-order valence-corrected chi connectivity index (χ1v) is 8.31. The second kappa shape index (κ2) is 7.57. The van der Waals surface area contributed by atoms with E-state index in [2.05, 4.69) is 26.1 Å². The molecule has 128 valence electrons. The van der Waals surface area contributed by atoms with Crippen molar-refractivity contribution in [1.82, 2.24) is 5.32 Å². The molecule has 1 aliphatic carbocycles. The molecule has 3 atom stereocenters. The molecule has 0 aliphatic heterocycles. The molecule has 2 rings (SSSR count). The molecule has 3 unspecified atom stereocenters. The van der Waals surface area contributed by atoms with Gasteiger partial charge < -0.3 is 20.3 Å². The highest BCUT2D eigenvalue weighted by molar-refractivity contribution is 5.67. The molecule has 1 fully saturated rings. The number of ether oxygens (including phenoxy) is 1. The fraction of sp³-hybridized carbons (Fsp3) is 0.611. The van der Waals surface area contributed by atoms with E-state index in [1.807, 2.05) is 0 Å². The first-order chi connectivity index (χ1) is 10.9. The van der Waals surface area contributed by atoms with Crippen molar-refractivity contribution < 1.29 is 19.7 Å². The Hall–Kier alpha value is -1.91. The fourth-order valence-corrected chi connectivity index (χ4v) is 3.37. The maximum absolute atomic E-state index is 12.1. The van der Waals surface area contributed by atoms with Crippen molar-refractivity contribution in [1.29, 1.82) is 0 Å². The third-order valence-electron chi connectivity index (χ3n) is 4.74. The van der Waals surface area contributed by atoms with Crippen molar-refractivity contribution >= 4 is 6.09 Å². The highest BCUT2D eigenvalue weighted by Crippen LogP contribution is 2.33. The van der Waals surface area contributed by atoms with E-state index in [-0.39, 0.29) is 24.1 Å². The summed E-state index contributed by atoms with van der Waals surface area (Å²) in [6, 6.07) is 4.53. The topological polar surface area (TPSA) is 78.8 Å². The summed E-state index contributed by atoms with van der Waals surface area (Å²) in [7, 11) is 0. The van der Waals surface area contributed by atoms with Crippen LogP contribution in [0.1, 0.15) is 45.6 Å².